The number of nitrogens with two attached hydrogens (primary N) is 1. The monoisotopic (exact) mass is 307 g/mol. The molecule has 2 rings (SSSR count). The van der Waals surface area contributed by atoms with Crippen LogP contribution >= 0.6 is 0 Å². The van der Waals surface area contributed by atoms with Crippen molar-refractivity contribution in [2.75, 3.05) is 32.7 Å². The van der Waals surface area contributed by atoms with E-state index in [1.165, 1.54) is 0 Å². The van der Waals surface area contributed by atoms with Gasteiger partial charge in [-0.25, -0.2) is 0 Å². The molecule has 120 valence electrons. The third kappa shape index (κ3) is 3.45. The van der Waals surface area contributed by atoms with Gasteiger partial charge < -0.3 is 19.9 Å². The van der Waals surface area contributed by atoms with Crippen LogP contribution in [0.2, 0.25) is 0 Å². The smallest absolute Gasteiger partial charge is 0.320 e. The molecule has 2 aromatic heterocycles. The summed E-state index contributed by atoms with van der Waals surface area (Å²) in [5, 5.41) is 0. The lowest BCUT2D eigenvalue weighted by molar-refractivity contribution is 0.141. The normalized spacial score (nSPS) is 11.4. The SMILES string of the molecule is C/C=C/Cn1c(OCC)nc2c(N)nc(OCCOC)nc21. The molecule has 0 aliphatic heterocycles. The van der Waals surface area contributed by atoms with Crippen molar-refractivity contribution >= 4 is 17.0 Å². The van der Waals surface area contributed by atoms with E-state index in [-0.39, 0.29) is 11.8 Å². The Bertz CT molecular complexity index is 653. The van der Waals surface area contributed by atoms with E-state index >= 15 is 0 Å². The molecule has 0 amide bonds. The van der Waals surface area contributed by atoms with Crippen LogP contribution in [-0.2, 0) is 11.3 Å². The van der Waals surface area contributed by atoms with E-state index in [9.17, 15) is 0 Å². The third-order valence-corrected chi connectivity index (χ3v) is 2.88. The van der Waals surface area contributed by atoms with Crippen LogP contribution in [0.3, 0.4) is 0 Å². The molecule has 2 N–H and O–H groups in total. The zero-order valence-corrected chi connectivity index (χ0v) is 13.1. The highest BCUT2D eigenvalue weighted by molar-refractivity contribution is 5.83. The van der Waals surface area contributed by atoms with Crippen LogP contribution < -0.4 is 15.2 Å². The molecule has 0 unspecified atom stereocenters. The Labute approximate surface area is 128 Å². The fraction of sp³-hybridized carbons (Fsp3) is 0.500. The summed E-state index contributed by atoms with van der Waals surface area (Å²) in [5.74, 6) is 0.262. The van der Waals surface area contributed by atoms with Crippen molar-refractivity contribution in [3.63, 3.8) is 0 Å². The minimum Gasteiger partial charge on any atom is -0.465 e. The zero-order valence-electron chi connectivity index (χ0n) is 13.1. The number of anilines is 1. The van der Waals surface area contributed by atoms with Gasteiger partial charge in [0.05, 0.1) is 13.2 Å². The Morgan fingerprint density at radius 1 is 1.18 bits per heavy atom. The molecule has 22 heavy (non-hydrogen) atoms. The maximum absolute atomic E-state index is 5.96. The first-order valence-electron chi connectivity index (χ1n) is 7.10. The molecular formula is C14H21N5O3. The number of ether oxygens (including phenoxy) is 3. The van der Waals surface area contributed by atoms with Crippen LogP contribution in [0.25, 0.3) is 11.2 Å². The third-order valence-electron chi connectivity index (χ3n) is 2.88. The Hall–Kier alpha value is -2.35. The Kier molecular flexibility index (Phi) is 5.54. The Morgan fingerprint density at radius 3 is 2.68 bits per heavy atom. The lowest BCUT2D eigenvalue weighted by atomic mass is 10.4. The van der Waals surface area contributed by atoms with Gasteiger partial charge in [-0.3, -0.25) is 4.57 Å². The highest BCUT2D eigenvalue weighted by Crippen LogP contribution is 2.25. The summed E-state index contributed by atoms with van der Waals surface area (Å²) >= 11 is 0. The number of fused-ring (bicyclic) bond motifs is 1. The second-order valence-corrected chi connectivity index (χ2v) is 4.41. The van der Waals surface area contributed by atoms with Gasteiger partial charge in [0, 0.05) is 13.7 Å². The first-order chi connectivity index (χ1) is 10.7. The summed E-state index contributed by atoms with van der Waals surface area (Å²) in [6.07, 6.45) is 3.93. The lowest BCUT2D eigenvalue weighted by Gasteiger charge is -2.07. The topological polar surface area (TPSA) is 97.3 Å². The van der Waals surface area contributed by atoms with Crippen molar-refractivity contribution in [2.45, 2.75) is 20.4 Å². The number of rotatable bonds is 8. The fourth-order valence-electron chi connectivity index (χ4n) is 1.88. The molecule has 8 heteroatoms. The molecule has 0 atom stereocenters. The predicted molar refractivity (Wildman–Crippen MR) is 83.1 cm³/mol. The van der Waals surface area contributed by atoms with Gasteiger partial charge in [0.1, 0.15) is 6.61 Å². The van der Waals surface area contributed by atoms with Gasteiger partial charge in [-0.15, -0.1) is 0 Å². The number of hydrogen-bond donors (Lipinski definition) is 1. The van der Waals surface area contributed by atoms with Crippen LogP contribution in [0.15, 0.2) is 12.2 Å². The first kappa shape index (κ1) is 16.0. The second kappa shape index (κ2) is 7.60. The molecule has 0 saturated carbocycles. The minimum atomic E-state index is 0.201. The molecule has 0 spiro atoms. The van der Waals surface area contributed by atoms with Crippen molar-refractivity contribution < 1.29 is 14.2 Å². The molecule has 0 radical (unpaired) electrons. The summed E-state index contributed by atoms with van der Waals surface area (Å²) in [6, 6.07) is 0.664. The number of nitrogen functional groups attached to an aromatic ring is 1. The summed E-state index contributed by atoms with van der Waals surface area (Å²) in [6.45, 7) is 5.72. The lowest BCUT2D eigenvalue weighted by Crippen LogP contribution is -2.09. The highest BCUT2D eigenvalue weighted by atomic mass is 16.5. The molecule has 0 aromatic carbocycles. The molecule has 0 fully saturated rings. The van der Waals surface area contributed by atoms with Crippen LogP contribution in [0, 0.1) is 0 Å². The van der Waals surface area contributed by atoms with E-state index in [2.05, 4.69) is 15.0 Å². The van der Waals surface area contributed by atoms with E-state index < -0.39 is 0 Å². The van der Waals surface area contributed by atoms with Crippen LogP contribution in [0.4, 0.5) is 5.82 Å². The van der Waals surface area contributed by atoms with Gasteiger partial charge in [-0.05, 0) is 13.8 Å². The Morgan fingerprint density at radius 2 is 2.00 bits per heavy atom. The summed E-state index contributed by atoms with van der Waals surface area (Å²) in [7, 11) is 1.60. The summed E-state index contributed by atoms with van der Waals surface area (Å²) < 4.78 is 17.8. The molecular weight excluding hydrogens is 286 g/mol. The van der Waals surface area contributed by atoms with E-state index in [0.717, 1.165) is 0 Å². The van der Waals surface area contributed by atoms with Crippen LogP contribution in [0.5, 0.6) is 12.0 Å². The van der Waals surface area contributed by atoms with Gasteiger partial charge in [-0.2, -0.15) is 15.0 Å². The minimum absolute atomic E-state index is 0.201. The van der Waals surface area contributed by atoms with Gasteiger partial charge in [0.2, 0.25) is 0 Å². The number of methoxy groups -OCH3 is 1. The number of allylic oxidation sites excluding steroid dienone is 2. The van der Waals surface area contributed by atoms with Crippen LogP contribution in [0.1, 0.15) is 13.8 Å². The summed E-state index contributed by atoms with van der Waals surface area (Å²) in [4.78, 5) is 12.9. The van der Waals surface area contributed by atoms with Crippen LogP contribution in [-0.4, -0.2) is 46.4 Å². The molecule has 0 aliphatic rings. The predicted octanol–water partition coefficient (Wildman–Crippen LogP) is 1.41. The van der Waals surface area contributed by atoms with Gasteiger partial charge >= 0.3 is 6.01 Å². The molecule has 2 heterocycles. The molecule has 2 aromatic rings. The number of nitrogens with zero attached hydrogens (tertiary/aromatic N) is 4. The summed E-state index contributed by atoms with van der Waals surface area (Å²) in [5.41, 5.74) is 7.05. The molecule has 0 bridgehead atoms. The second-order valence-electron chi connectivity index (χ2n) is 4.41. The first-order valence-corrected chi connectivity index (χ1v) is 7.10. The van der Waals surface area contributed by atoms with E-state index in [1.54, 1.807) is 7.11 Å². The highest BCUT2D eigenvalue weighted by Gasteiger charge is 2.17. The number of aromatic nitrogens is 4. The van der Waals surface area contributed by atoms with E-state index in [1.807, 2.05) is 30.6 Å². The van der Waals surface area contributed by atoms with E-state index in [4.69, 9.17) is 19.9 Å². The largest absolute Gasteiger partial charge is 0.465 e. The fourth-order valence-corrected chi connectivity index (χ4v) is 1.88. The van der Waals surface area contributed by atoms with Crippen molar-refractivity contribution in [1.82, 2.24) is 19.5 Å². The maximum Gasteiger partial charge on any atom is 0.320 e. The maximum atomic E-state index is 5.96. The van der Waals surface area contributed by atoms with Crippen molar-refractivity contribution in [3.05, 3.63) is 12.2 Å². The standard InChI is InChI=1S/C14H21N5O3/c1-4-6-7-19-12-10(16-14(19)21-5-2)11(15)17-13(18-12)22-9-8-20-3/h4,6H,5,7-9H2,1-3H3,(H2,15,17,18)/b6-4+. The zero-order chi connectivity index (χ0) is 15.9. The van der Waals surface area contributed by atoms with Crippen molar-refractivity contribution in [1.29, 1.82) is 0 Å². The van der Waals surface area contributed by atoms with Gasteiger partial charge in [0.25, 0.3) is 6.01 Å². The quantitative estimate of drug-likeness (QED) is 0.581. The average molecular weight is 307 g/mol. The van der Waals surface area contributed by atoms with E-state index in [0.29, 0.717) is 43.5 Å². The number of hydrogen-bond acceptors (Lipinski definition) is 7. The van der Waals surface area contributed by atoms with Crippen molar-refractivity contribution in [3.8, 4) is 12.0 Å². The molecule has 0 aliphatic carbocycles. The molecule has 8 nitrogen and oxygen atoms in total. The Balaban J connectivity index is 2.43. The van der Waals surface area contributed by atoms with Gasteiger partial charge in [-0.1, -0.05) is 12.2 Å². The van der Waals surface area contributed by atoms with Gasteiger partial charge in [0.15, 0.2) is 17.0 Å². The number of imidazole rings is 1. The average Bonchev–Trinajstić information content (AvgIpc) is 2.84. The molecule has 0 saturated heterocycles. The van der Waals surface area contributed by atoms with Crippen molar-refractivity contribution in [2.24, 2.45) is 0 Å².